The standard InChI is InChI=1S/C17H23N3O3S/c1-13-6-2-3-9-16(13)20-17(21)14-7-4-8-15(12-14)24(22,23)19-11-5-10-18/h4,7-8,12-13,16,19H,2-3,5-6,9,11H2,1H3,(H,20,21). The van der Waals surface area contributed by atoms with Crippen LogP contribution in [0.15, 0.2) is 29.2 Å². The lowest BCUT2D eigenvalue weighted by atomic mass is 9.86. The van der Waals surface area contributed by atoms with Crippen LogP contribution in [0.5, 0.6) is 0 Å². The van der Waals surface area contributed by atoms with Gasteiger partial charge in [0.15, 0.2) is 0 Å². The first-order valence-corrected chi connectivity index (χ1v) is 9.70. The lowest BCUT2D eigenvalue weighted by Crippen LogP contribution is -2.41. The first kappa shape index (κ1) is 18.4. The predicted octanol–water partition coefficient (Wildman–Crippen LogP) is 2.19. The number of benzene rings is 1. The first-order valence-electron chi connectivity index (χ1n) is 8.21. The molecule has 1 aromatic rings. The van der Waals surface area contributed by atoms with Gasteiger partial charge in [-0.25, -0.2) is 13.1 Å². The molecule has 1 saturated carbocycles. The van der Waals surface area contributed by atoms with Crippen LogP contribution >= 0.6 is 0 Å². The van der Waals surface area contributed by atoms with E-state index in [0.717, 1.165) is 19.3 Å². The van der Waals surface area contributed by atoms with Crippen molar-refractivity contribution in [3.8, 4) is 6.07 Å². The molecule has 0 aliphatic heterocycles. The fraction of sp³-hybridized carbons (Fsp3) is 0.529. The number of rotatable bonds is 6. The summed E-state index contributed by atoms with van der Waals surface area (Å²) in [5.41, 5.74) is 0.330. The summed E-state index contributed by atoms with van der Waals surface area (Å²) in [5.74, 6) is 0.185. The molecule has 130 valence electrons. The third-order valence-corrected chi connectivity index (χ3v) is 5.82. The van der Waals surface area contributed by atoms with E-state index in [1.54, 1.807) is 12.1 Å². The van der Waals surface area contributed by atoms with Crippen molar-refractivity contribution in [2.24, 2.45) is 5.92 Å². The SMILES string of the molecule is CC1CCCCC1NC(=O)c1cccc(S(=O)(=O)NCCC#N)c1. The topological polar surface area (TPSA) is 99.1 Å². The third kappa shape index (κ3) is 4.79. The average Bonchev–Trinajstić information content (AvgIpc) is 2.57. The fourth-order valence-electron chi connectivity index (χ4n) is 2.91. The molecule has 1 aromatic carbocycles. The van der Waals surface area contributed by atoms with Crippen molar-refractivity contribution >= 4 is 15.9 Å². The van der Waals surface area contributed by atoms with Gasteiger partial charge >= 0.3 is 0 Å². The zero-order chi connectivity index (χ0) is 17.6. The first-order chi connectivity index (χ1) is 11.4. The Hall–Kier alpha value is -1.91. The van der Waals surface area contributed by atoms with E-state index in [-0.39, 0.29) is 29.8 Å². The maximum Gasteiger partial charge on any atom is 0.251 e. The quantitative estimate of drug-likeness (QED) is 0.769. The highest BCUT2D eigenvalue weighted by molar-refractivity contribution is 7.89. The van der Waals surface area contributed by atoms with E-state index in [4.69, 9.17) is 5.26 Å². The minimum absolute atomic E-state index is 0.0322. The number of nitriles is 1. The van der Waals surface area contributed by atoms with Gasteiger partial charge in [0.25, 0.3) is 5.91 Å². The van der Waals surface area contributed by atoms with Crippen molar-refractivity contribution in [3.05, 3.63) is 29.8 Å². The number of sulfonamides is 1. The zero-order valence-electron chi connectivity index (χ0n) is 13.8. The van der Waals surface area contributed by atoms with Gasteiger partial charge in [-0.2, -0.15) is 5.26 Å². The minimum atomic E-state index is -3.71. The molecule has 2 atom stereocenters. The fourth-order valence-corrected chi connectivity index (χ4v) is 3.99. The highest BCUT2D eigenvalue weighted by Gasteiger charge is 2.24. The lowest BCUT2D eigenvalue weighted by Gasteiger charge is -2.29. The molecular weight excluding hydrogens is 326 g/mol. The maximum atomic E-state index is 12.4. The molecule has 0 radical (unpaired) electrons. The molecule has 0 bridgehead atoms. The van der Waals surface area contributed by atoms with E-state index >= 15 is 0 Å². The monoisotopic (exact) mass is 349 g/mol. The summed E-state index contributed by atoms with van der Waals surface area (Å²) in [6.45, 7) is 2.18. The summed E-state index contributed by atoms with van der Waals surface area (Å²) in [6, 6.07) is 7.99. The number of nitrogens with one attached hydrogen (secondary N) is 2. The van der Waals surface area contributed by atoms with Crippen LogP contribution < -0.4 is 10.0 Å². The Labute approximate surface area is 143 Å². The van der Waals surface area contributed by atoms with Gasteiger partial charge < -0.3 is 5.32 Å². The molecule has 7 heteroatoms. The number of carbonyl (C=O) groups is 1. The Balaban J connectivity index is 2.09. The Morgan fingerprint density at radius 1 is 1.33 bits per heavy atom. The number of amides is 1. The molecular formula is C17H23N3O3S. The smallest absolute Gasteiger partial charge is 0.251 e. The van der Waals surface area contributed by atoms with E-state index in [1.165, 1.54) is 18.6 Å². The number of hydrogen-bond acceptors (Lipinski definition) is 4. The Morgan fingerprint density at radius 2 is 2.08 bits per heavy atom. The lowest BCUT2D eigenvalue weighted by molar-refractivity contribution is 0.0910. The largest absolute Gasteiger partial charge is 0.349 e. The second-order valence-corrected chi connectivity index (χ2v) is 7.94. The van der Waals surface area contributed by atoms with Crippen molar-refractivity contribution in [2.75, 3.05) is 6.54 Å². The minimum Gasteiger partial charge on any atom is -0.349 e. The summed E-state index contributed by atoms with van der Waals surface area (Å²) >= 11 is 0. The zero-order valence-corrected chi connectivity index (χ0v) is 14.6. The molecule has 0 aromatic heterocycles. The van der Waals surface area contributed by atoms with E-state index < -0.39 is 10.0 Å². The van der Waals surface area contributed by atoms with E-state index in [0.29, 0.717) is 11.5 Å². The van der Waals surface area contributed by atoms with E-state index in [1.807, 2.05) is 6.07 Å². The maximum absolute atomic E-state index is 12.4. The van der Waals surface area contributed by atoms with E-state index in [9.17, 15) is 13.2 Å². The van der Waals surface area contributed by atoms with Crippen molar-refractivity contribution < 1.29 is 13.2 Å². The van der Waals surface area contributed by atoms with Crippen molar-refractivity contribution in [1.29, 1.82) is 5.26 Å². The highest BCUT2D eigenvalue weighted by atomic mass is 32.2. The molecule has 0 spiro atoms. The van der Waals surface area contributed by atoms with Crippen molar-refractivity contribution in [2.45, 2.75) is 50.0 Å². The van der Waals surface area contributed by atoms with Gasteiger partial charge in [0.2, 0.25) is 10.0 Å². The van der Waals surface area contributed by atoms with Gasteiger partial charge in [0, 0.05) is 24.6 Å². The molecule has 24 heavy (non-hydrogen) atoms. The molecule has 0 heterocycles. The van der Waals surface area contributed by atoms with Crippen molar-refractivity contribution in [1.82, 2.24) is 10.0 Å². The van der Waals surface area contributed by atoms with Crippen LogP contribution in [0, 0.1) is 17.2 Å². The van der Waals surface area contributed by atoms with Crippen LogP contribution in [0.4, 0.5) is 0 Å². The van der Waals surface area contributed by atoms with Crippen LogP contribution in [-0.4, -0.2) is 26.9 Å². The van der Waals surface area contributed by atoms with Crippen LogP contribution in [0.1, 0.15) is 49.4 Å². The number of nitrogens with zero attached hydrogens (tertiary/aromatic N) is 1. The Kier molecular flexibility index (Phi) is 6.35. The van der Waals surface area contributed by atoms with Gasteiger partial charge in [0.1, 0.15) is 0 Å². The van der Waals surface area contributed by atoms with Crippen LogP contribution in [0.25, 0.3) is 0 Å². The molecule has 2 unspecified atom stereocenters. The summed E-state index contributed by atoms with van der Waals surface area (Å²) < 4.78 is 26.7. The number of carbonyl (C=O) groups excluding carboxylic acids is 1. The average molecular weight is 349 g/mol. The predicted molar refractivity (Wildman–Crippen MR) is 90.7 cm³/mol. The molecule has 2 rings (SSSR count). The van der Waals surface area contributed by atoms with Crippen LogP contribution in [-0.2, 0) is 10.0 Å². The molecule has 1 aliphatic carbocycles. The summed E-state index contributed by atoms with van der Waals surface area (Å²) in [6.07, 6.45) is 4.45. The second-order valence-electron chi connectivity index (χ2n) is 6.18. The summed E-state index contributed by atoms with van der Waals surface area (Å²) in [4.78, 5) is 12.5. The summed E-state index contributed by atoms with van der Waals surface area (Å²) in [7, 11) is -3.71. The Bertz CT molecular complexity index is 725. The van der Waals surface area contributed by atoms with Gasteiger partial charge in [-0.05, 0) is 37.0 Å². The molecule has 1 amide bonds. The molecule has 0 saturated heterocycles. The molecule has 6 nitrogen and oxygen atoms in total. The highest BCUT2D eigenvalue weighted by Crippen LogP contribution is 2.24. The van der Waals surface area contributed by atoms with Crippen molar-refractivity contribution in [3.63, 3.8) is 0 Å². The normalized spacial score (nSPS) is 21.0. The summed E-state index contributed by atoms with van der Waals surface area (Å²) in [5, 5.41) is 11.5. The van der Waals surface area contributed by atoms with Gasteiger partial charge in [-0.3, -0.25) is 4.79 Å². The van der Waals surface area contributed by atoms with Crippen LogP contribution in [0.3, 0.4) is 0 Å². The van der Waals surface area contributed by atoms with E-state index in [2.05, 4.69) is 17.0 Å². The Morgan fingerprint density at radius 3 is 2.79 bits per heavy atom. The van der Waals surface area contributed by atoms with Gasteiger partial charge in [0.05, 0.1) is 11.0 Å². The van der Waals surface area contributed by atoms with Gasteiger partial charge in [-0.1, -0.05) is 25.8 Å². The third-order valence-electron chi connectivity index (χ3n) is 4.36. The van der Waals surface area contributed by atoms with Gasteiger partial charge in [-0.15, -0.1) is 0 Å². The van der Waals surface area contributed by atoms with Crippen LogP contribution in [0.2, 0.25) is 0 Å². The number of hydrogen-bond donors (Lipinski definition) is 2. The second kappa shape index (κ2) is 8.27. The molecule has 2 N–H and O–H groups in total. The molecule has 1 aliphatic rings. The molecule has 1 fully saturated rings.